The topological polar surface area (TPSA) is 44.4 Å². The summed E-state index contributed by atoms with van der Waals surface area (Å²) in [5, 5.41) is 6.77. The normalized spacial score (nSPS) is 22.2. The van der Waals surface area contributed by atoms with Crippen molar-refractivity contribution in [2.45, 2.75) is 38.1 Å². The van der Waals surface area contributed by atoms with Crippen LogP contribution < -0.4 is 10.6 Å². The van der Waals surface area contributed by atoms with Crippen molar-refractivity contribution in [2.75, 3.05) is 32.7 Å². The summed E-state index contributed by atoms with van der Waals surface area (Å²) in [6, 6.07) is 4.58. The van der Waals surface area contributed by atoms with Gasteiger partial charge in [0.15, 0.2) is 0 Å². The standard InChI is InChI=1S/C19H27ClFN3O/c20-15-4-3-5-16(21)19(15)17(24-10-1-2-11-24)13-23-18(25)7-6-14-8-9-22-12-14/h3-5,14,17,22H,1-2,6-13H2,(H,23,25). The third kappa shape index (κ3) is 4.93. The molecule has 25 heavy (non-hydrogen) atoms. The summed E-state index contributed by atoms with van der Waals surface area (Å²) in [6.07, 6.45) is 4.79. The van der Waals surface area contributed by atoms with Crippen LogP contribution in [0, 0.1) is 11.7 Å². The number of carbonyl (C=O) groups is 1. The number of likely N-dealkylation sites (tertiary alicyclic amines) is 1. The third-order valence-electron chi connectivity index (χ3n) is 5.35. The first-order valence-electron chi connectivity index (χ1n) is 9.30. The van der Waals surface area contributed by atoms with Crippen LogP contribution in [-0.2, 0) is 4.79 Å². The molecule has 6 heteroatoms. The Morgan fingerprint density at radius 2 is 2.20 bits per heavy atom. The van der Waals surface area contributed by atoms with Crippen molar-refractivity contribution in [3.63, 3.8) is 0 Å². The largest absolute Gasteiger partial charge is 0.354 e. The molecule has 0 aliphatic carbocycles. The van der Waals surface area contributed by atoms with Crippen LogP contribution >= 0.6 is 11.6 Å². The molecule has 2 N–H and O–H groups in total. The highest BCUT2D eigenvalue weighted by Gasteiger charge is 2.28. The van der Waals surface area contributed by atoms with Crippen LogP contribution in [-0.4, -0.2) is 43.5 Å². The molecule has 0 aromatic heterocycles. The van der Waals surface area contributed by atoms with Crippen molar-refractivity contribution in [3.05, 3.63) is 34.6 Å². The van der Waals surface area contributed by atoms with E-state index in [4.69, 9.17) is 11.6 Å². The second-order valence-electron chi connectivity index (χ2n) is 7.10. The van der Waals surface area contributed by atoms with Gasteiger partial charge >= 0.3 is 0 Å². The van der Waals surface area contributed by atoms with Gasteiger partial charge in [-0.1, -0.05) is 17.7 Å². The van der Waals surface area contributed by atoms with Crippen LogP contribution in [0.1, 0.15) is 43.7 Å². The molecule has 0 spiro atoms. The van der Waals surface area contributed by atoms with E-state index < -0.39 is 0 Å². The zero-order valence-electron chi connectivity index (χ0n) is 14.6. The molecule has 0 saturated carbocycles. The maximum atomic E-state index is 14.4. The van der Waals surface area contributed by atoms with Gasteiger partial charge in [0.1, 0.15) is 5.82 Å². The summed E-state index contributed by atoms with van der Waals surface area (Å²) in [4.78, 5) is 14.5. The van der Waals surface area contributed by atoms with Crippen LogP contribution in [0.25, 0.3) is 0 Å². The fourth-order valence-corrected chi connectivity index (χ4v) is 4.18. The number of carbonyl (C=O) groups excluding carboxylic acids is 1. The second kappa shape index (κ2) is 8.97. The van der Waals surface area contributed by atoms with Gasteiger partial charge in [0.05, 0.1) is 6.04 Å². The van der Waals surface area contributed by atoms with Gasteiger partial charge in [-0.05, 0) is 69.9 Å². The lowest BCUT2D eigenvalue weighted by atomic mass is 10.0. The molecule has 2 unspecified atom stereocenters. The number of amides is 1. The van der Waals surface area contributed by atoms with E-state index in [-0.39, 0.29) is 17.8 Å². The maximum absolute atomic E-state index is 14.4. The molecule has 2 atom stereocenters. The Balaban J connectivity index is 1.61. The fourth-order valence-electron chi connectivity index (χ4n) is 3.89. The lowest BCUT2D eigenvalue weighted by Crippen LogP contribution is -2.37. The Morgan fingerprint density at radius 1 is 1.40 bits per heavy atom. The maximum Gasteiger partial charge on any atom is 0.220 e. The van der Waals surface area contributed by atoms with Crippen LogP contribution in [0.15, 0.2) is 18.2 Å². The van der Waals surface area contributed by atoms with E-state index in [0.717, 1.165) is 51.9 Å². The minimum Gasteiger partial charge on any atom is -0.354 e. The van der Waals surface area contributed by atoms with Crippen molar-refractivity contribution >= 4 is 17.5 Å². The highest BCUT2D eigenvalue weighted by atomic mass is 35.5. The Bertz CT molecular complexity index is 566. The van der Waals surface area contributed by atoms with Crippen LogP contribution in [0.5, 0.6) is 0 Å². The molecule has 1 aromatic rings. The van der Waals surface area contributed by atoms with E-state index in [1.165, 1.54) is 6.07 Å². The van der Waals surface area contributed by atoms with Gasteiger partial charge in [-0.15, -0.1) is 0 Å². The monoisotopic (exact) mass is 367 g/mol. The molecule has 0 radical (unpaired) electrons. The number of hydrogen-bond donors (Lipinski definition) is 2. The van der Waals surface area contributed by atoms with Crippen LogP contribution in [0.4, 0.5) is 4.39 Å². The molecular formula is C19H27ClFN3O. The van der Waals surface area contributed by atoms with Gasteiger partial charge in [0.25, 0.3) is 0 Å². The number of halogens is 2. The van der Waals surface area contributed by atoms with E-state index in [0.29, 0.717) is 29.5 Å². The van der Waals surface area contributed by atoms with Crippen LogP contribution in [0.3, 0.4) is 0 Å². The molecule has 2 fully saturated rings. The summed E-state index contributed by atoms with van der Waals surface area (Å²) < 4.78 is 14.4. The quantitative estimate of drug-likeness (QED) is 0.778. The molecule has 1 amide bonds. The average molecular weight is 368 g/mol. The predicted molar refractivity (Wildman–Crippen MR) is 98.2 cm³/mol. The number of nitrogens with zero attached hydrogens (tertiary/aromatic N) is 1. The van der Waals surface area contributed by atoms with Crippen LogP contribution in [0.2, 0.25) is 5.02 Å². The summed E-state index contributed by atoms with van der Waals surface area (Å²) in [7, 11) is 0. The van der Waals surface area contributed by atoms with E-state index in [2.05, 4.69) is 15.5 Å². The average Bonchev–Trinajstić information content (AvgIpc) is 3.29. The van der Waals surface area contributed by atoms with E-state index >= 15 is 0 Å². The smallest absolute Gasteiger partial charge is 0.220 e. The molecule has 2 aliphatic rings. The van der Waals surface area contributed by atoms with E-state index in [1.807, 2.05) is 0 Å². The van der Waals surface area contributed by atoms with Gasteiger partial charge in [-0.25, -0.2) is 4.39 Å². The minimum atomic E-state index is -0.296. The highest BCUT2D eigenvalue weighted by Crippen LogP contribution is 2.32. The van der Waals surface area contributed by atoms with Gasteiger partial charge in [-0.3, -0.25) is 9.69 Å². The lowest BCUT2D eigenvalue weighted by Gasteiger charge is -2.29. The van der Waals surface area contributed by atoms with Crippen molar-refractivity contribution in [3.8, 4) is 0 Å². The molecule has 1 aromatic carbocycles. The zero-order valence-corrected chi connectivity index (χ0v) is 15.3. The first-order chi connectivity index (χ1) is 12.1. The lowest BCUT2D eigenvalue weighted by molar-refractivity contribution is -0.121. The summed E-state index contributed by atoms with van der Waals surface area (Å²) >= 11 is 6.28. The first-order valence-corrected chi connectivity index (χ1v) is 9.68. The predicted octanol–water partition coefficient (Wildman–Crippen LogP) is 3.12. The highest BCUT2D eigenvalue weighted by molar-refractivity contribution is 6.31. The minimum absolute atomic E-state index is 0.0450. The Kier molecular flexibility index (Phi) is 6.68. The van der Waals surface area contributed by atoms with Crippen molar-refractivity contribution in [2.24, 2.45) is 5.92 Å². The van der Waals surface area contributed by atoms with Crippen molar-refractivity contribution in [1.82, 2.24) is 15.5 Å². The van der Waals surface area contributed by atoms with E-state index in [9.17, 15) is 9.18 Å². The molecule has 2 heterocycles. The van der Waals surface area contributed by atoms with Gasteiger partial charge in [0, 0.05) is 23.6 Å². The van der Waals surface area contributed by atoms with Gasteiger partial charge in [0.2, 0.25) is 5.91 Å². The van der Waals surface area contributed by atoms with Crippen molar-refractivity contribution in [1.29, 1.82) is 0 Å². The molecule has 2 aliphatic heterocycles. The SMILES string of the molecule is O=C(CCC1CCNC1)NCC(c1c(F)cccc1Cl)N1CCCC1. The third-order valence-corrected chi connectivity index (χ3v) is 5.68. The van der Waals surface area contributed by atoms with Crippen molar-refractivity contribution < 1.29 is 9.18 Å². The molecular weight excluding hydrogens is 341 g/mol. The first kappa shape index (κ1) is 18.6. The van der Waals surface area contributed by atoms with E-state index in [1.54, 1.807) is 12.1 Å². The summed E-state index contributed by atoms with van der Waals surface area (Å²) in [5.41, 5.74) is 0.506. The number of benzene rings is 1. The molecule has 2 saturated heterocycles. The molecule has 3 rings (SSSR count). The number of nitrogens with one attached hydrogen (secondary N) is 2. The zero-order chi connectivity index (χ0) is 17.6. The second-order valence-corrected chi connectivity index (χ2v) is 7.50. The summed E-state index contributed by atoms with van der Waals surface area (Å²) in [5.74, 6) is 0.348. The van der Waals surface area contributed by atoms with Gasteiger partial charge in [-0.2, -0.15) is 0 Å². The number of hydrogen-bond acceptors (Lipinski definition) is 3. The summed E-state index contributed by atoms with van der Waals surface area (Å²) in [6.45, 7) is 4.30. The Labute approximate surface area is 154 Å². The van der Waals surface area contributed by atoms with Gasteiger partial charge < -0.3 is 10.6 Å². The number of rotatable bonds is 7. The molecule has 138 valence electrons. The Hall–Kier alpha value is -1.17. The molecule has 0 bridgehead atoms. The fraction of sp³-hybridized carbons (Fsp3) is 0.632. The Morgan fingerprint density at radius 3 is 2.88 bits per heavy atom. The molecule has 4 nitrogen and oxygen atoms in total.